The summed E-state index contributed by atoms with van der Waals surface area (Å²) in [6.45, 7) is 1.96. The summed E-state index contributed by atoms with van der Waals surface area (Å²) in [7, 11) is 0. The maximum absolute atomic E-state index is 12.5. The van der Waals surface area contributed by atoms with Gasteiger partial charge in [0.25, 0.3) is 0 Å². The number of carbonyl (C=O) groups is 2. The van der Waals surface area contributed by atoms with Crippen molar-refractivity contribution < 1.29 is 9.59 Å². The molecule has 1 saturated carbocycles. The highest BCUT2D eigenvalue weighted by atomic mass is 35.5. The quantitative estimate of drug-likeness (QED) is 0.775. The van der Waals surface area contributed by atoms with E-state index in [9.17, 15) is 9.59 Å². The number of nitrogens with two attached hydrogens (primary N) is 1. The van der Waals surface area contributed by atoms with Gasteiger partial charge in [-0.05, 0) is 43.9 Å². The van der Waals surface area contributed by atoms with Crippen LogP contribution in [0.5, 0.6) is 0 Å². The van der Waals surface area contributed by atoms with E-state index in [0.717, 1.165) is 43.4 Å². The van der Waals surface area contributed by atoms with Crippen molar-refractivity contribution >= 4 is 35.6 Å². The lowest BCUT2D eigenvalue weighted by Gasteiger charge is -2.37. The molecule has 2 amide bonds. The number of anilines is 2. The molecule has 0 aromatic heterocycles. The van der Waals surface area contributed by atoms with Gasteiger partial charge in [0.1, 0.15) is 0 Å². The molecular formula is C17H24ClN3O2. The summed E-state index contributed by atoms with van der Waals surface area (Å²) < 4.78 is 0. The predicted octanol–water partition coefficient (Wildman–Crippen LogP) is 2.84. The molecule has 1 aromatic carbocycles. The fourth-order valence-corrected chi connectivity index (χ4v) is 3.47. The van der Waals surface area contributed by atoms with Crippen molar-refractivity contribution in [3.63, 3.8) is 0 Å². The zero-order valence-corrected chi connectivity index (χ0v) is 14.2. The zero-order valence-electron chi connectivity index (χ0n) is 13.4. The van der Waals surface area contributed by atoms with E-state index in [1.54, 1.807) is 0 Å². The fourth-order valence-electron chi connectivity index (χ4n) is 3.47. The molecule has 3 rings (SSSR count). The van der Waals surface area contributed by atoms with E-state index in [4.69, 9.17) is 5.73 Å². The number of amides is 2. The van der Waals surface area contributed by atoms with Crippen LogP contribution in [0, 0.1) is 5.92 Å². The van der Waals surface area contributed by atoms with Gasteiger partial charge in [0.05, 0.1) is 5.92 Å². The normalized spacial score (nSPS) is 26.5. The van der Waals surface area contributed by atoms with Gasteiger partial charge < -0.3 is 16.4 Å². The van der Waals surface area contributed by atoms with Gasteiger partial charge in [0.2, 0.25) is 11.8 Å². The Bertz CT molecular complexity index is 616. The zero-order chi connectivity index (χ0) is 15.7. The SMILES string of the molecule is CC1(N)CCCCC1C(=O)Nc1ccc2c(c1)NC(=O)CC2.Cl. The summed E-state index contributed by atoms with van der Waals surface area (Å²) in [6.07, 6.45) is 5.11. The number of hydrogen-bond donors (Lipinski definition) is 3. The van der Waals surface area contributed by atoms with Crippen molar-refractivity contribution in [2.24, 2.45) is 11.7 Å². The first kappa shape index (κ1) is 17.8. The molecule has 126 valence electrons. The topological polar surface area (TPSA) is 84.2 Å². The van der Waals surface area contributed by atoms with Crippen molar-refractivity contribution in [3.05, 3.63) is 23.8 Å². The summed E-state index contributed by atoms with van der Waals surface area (Å²) in [4.78, 5) is 24.0. The Balaban J connectivity index is 0.00000192. The Morgan fingerprint density at radius 2 is 2.13 bits per heavy atom. The van der Waals surface area contributed by atoms with Crippen molar-refractivity contribution in [1.29, 1.82) is 0 Å². The van der Waals surface area contributed by atoms with Crippen molar-refractivity contribution in [2.45, 2.75) is 51.0 Å². The molecule has 1 aromatic rings. The van der Waals surface area contributed by atoms with Crippen LogP contribution in [0.3, 0.4) is 0 Å². The predicted molar refractivity (Wildman–Crippen MR) is 93.8 cm³/mol. The monoisotopic (exact) mass is 337 g/mol. The van der Waals surface area contributed by atoms with Crippen LogP contribution in [-0.2, 0) is 16.0 Å². The lowest BCUT2D eigenvalue weighted by molar-refractivity contribution is -0.122. The molecule has 23 heavy (non-hydrogen) atoms. The largest absolute Gasteiger partial charge is 0.326 e. The van der Waals surface area contributed by atoms with Crippen LogP contribution in [0.15, 0.2) is 18.2 Å². The Morgan fingerprint density at radius 3 is 2.87 bits per heavy atom. The number of fused-ring (bicyclic) bond motifs is 1. The van der Waals surface area contributed by atoms with Crippen molar-refractivity contribution in [3.8, 4) is 0 Å². The highest BCUT2D eigenvalue weighted by Gasteiger charge is 2.37. The summed E-state index contributed by atoms with van der Waals surface area (Å²) in [5.41, 5.74) is 8.47. The molecule has 4 N–H and O–H groups in total. The maximum atomic E-state index is 12.5. The minimum absolute atomic E-state index is 0. The summed E-state index contributed by atoms with van der Waals surface area (Å²) in [6, 6.07) is 5.69. The summed E-state index contributed by atoms with van der Waals surface area (Å²) in [5, 5.41) is 5.82. The van der Waals surface area contributed by atoms with Gasteiger partial charge in [-0.1, -0.05) is 18.9 Å². The Hall–Kier alpha value is -1.59. The lowest BCUT2D eigenvalue weighted by Crippen LogP contribution is -2.51. The standard InChI is InChI=1S/C17H23N3O2.ClH/c1-17(18)9-3-2-4-13(17)16(22)19-12-7-5-11-6-8-15(21)20-14(11)10-12;/h5,7,10,13H,2-4,6,8-9,18H2,1H3,(H,19,22)(H,20,21);1H. The van der Waals surface area contributed by atoms with Crippen molar-refractivity contribution in [2.75, 3.05) is 10.6 Å². The molecule has 2 aliphatic rings. The number of halogens is 1. The maximum Gasteiger partial charge on any atom is 0.229 e. The second-order valence-electron chi connectivity index (χ2n) is 6.71. The van der Waals surface area contributed by atoms with Crippen molar-refractivity contribution in [1.82, 2.24) is 0 Å². The fraction of sp³-hybridized carbons (Fsp3) is 0.529. The molecule has 1 fully saturated rings. The molecule has 2 unspecified atom stereocenters. The molecule has 1 aliphatic carbocycles. The van der Waals surface area contributed by atoms with E-state index >= 15 is 0 Å². The van der Waals surface area contributed by atoms with Crippen LogP contribution in [0.25, 0.3) is 0 Å². The van der Waals surface area contributed by atoms with Crippen LogP contribution in [0.1, 0.15) is 44.6 Å². The first-order valence-electron chi connectivity index (χ1n) is 7.98. The first-order chi connectivity index (χ1) is 10.5. The second kappa shape index (κ2) is 6.89. The highest BCUT2D eigenvalue weighted by molar-refractivity contribution is 5.97. The van der Waals surface area contributed by atoms with Gasteiger partial charge in [-0.25, -0.2) is 0 Å². The second-order valence-corrected chi connectivity index (χ2v) is 6.71. The third-order valence-electron chi connectivity index (χ3n) is 4.84. The van der Waals surface area contributed by atoms with Gasteiger partial charge in [-0.15, -0.1) is 12.4 Å². The van der Waals surface area contributed by atoms with E-state index in [1.165, 1.54) is 0 Å². The molecule has 0 saturated heterocycles. The number of nitrogens with one attached hydrogen (secondary N) is 2. The van der Waals surface area contributed by atoms with E-state index in [0.29, 0.717) is 12.1 Å². The van der Waals surface area contributed by atoms with Gasteiger partial charge in [0, 0.05) is 23.3 Å². The summed E-state index contributed by atoms with van der Waals surface area (Å²) in [5.74, 6) is -0.156. The minimum atomic E-state index is -0.440. The number of hydrogen-bond acceptors (Lipinski definition) is 3. The molecule has 2 atom stereocenters. The molecule has 0 radical (unpaired) electrons. The lowest BCUT2D eigenvalue weighted by atomic mass is 9.74. The number of benzene rings is 1. The average Bonchev–Trinajstić information content (AvgIpc) is 2.46. The smallest absolute Gasteiger partial charge is 0.229 e. The molecule has 6 heteroatoms. The number of aryl methyl sites for hydroxylation is 1. The van der Waals surface area contributed by atoms with Crippen LogP contribution >= 0.6 is 12.4 Å². The molecule has 1 aliphatic heterocycles. The van der Waals surface area contributed by atoms with E-state index in [1.807, 2.05) is 25.1 Å². The van der Waals surface area contributed by atoms with Gasteiger partial charge in [-0.3, -0.25) is 9.59 Å². The van der Waals surface area contributed by atoms with Crippen LogP contribution in [0.4, 0.5) is 11.4 Å². The molecule has 0 bridgehead atoms. The van der Waals surface area contributed by atoms with Crippen LogP contribution in [0.2, 0.25) is 0 Å². The molecule has 5 nitrogen and oxygen atoms in total. The Kier molecular flexibility index (Phi) is 5.32. The van der Waals surface area contributed by atoms with Crippen LogP contribution in [-0.4, -0.2) is 17.4 Å². The minimum Gasteiger partial charge on any atom is -0.326 e. The molecule has 1 heterocycles. The number of rotatable bonds is 2. The Morgan fingerprint density at radius 1 is 1.35 bits per heavy atom. The third-order valence-corrected chi connectivity index (χ3v) is 4.84. The number of carbonyl (C=O) groups excluding carboxylic acids is 2. The first-order valence-corrected chi connectivity index (χ1v) is 7.98. The van der Waals surface area contributed by atoms with Gasteiger partial charge in [-0.2, -0.15) is 0 Å². The summed E-state index contributed by atoms with van der Waals surface area (Å²) >= 11 is 0. The molecule has 0 spiro atoms. The Labute approximate surface area is 142 Å². The van der Waals surface area contributed by atoms with E-state index in [2.05, 4.69) is 10.6 Å². The van der Waals surface area contributed by atoms with E-state index < -0.39 is 5.54 Å². The third kappa shape index (κ3) is 3.85. The van der Waals surface area contributed by atoms with Gasteiger partial charge in [0.15, 0.2) is 0 Å². The van der Waals surface area contributed by atoms with Crippen LogP contribution < -0.4 is 16.4 Å². The highest BCUT2D eigenvalue weighted by Crippen LogP contribution is 2.33. The van der Waals surface area contributed by atoms with Gasteiger partial charge >= 0.3 is 0 Å². The van der Waals surface area contributed by atoms with E-state index in [-0.39, 0.29) is 30.1 Å². The molecular weight excluding hydrogens is 314 g/mol. The average molecular weight is 338 g/mol.